The third-order valence-electron chi connectivity index (χ3n) is 4.48. The summed E-state index contributed by atoms with van der Waals surface area (Å²) in [6, 6.07) is 8.25. The van der Waals surface area contributed by atoms with E-state index in [4.69, 9.17) is 5.73 Å². The van der Waals surface area contributed by atoms with E-state index in [0.717, 1.165) is 18.2 Å². The summed E-state index contributed by atoms with van der Waals surface area (Å²) in [5.74, 6) is -1.60. The summed E-state index contributed by atoms with van der Waals surface area (Å²) >= 11 is 0. The first-order valence-corrected chi connectivity index (χ1v) is 8.79. The first-order chi connectivity index (χ1) is 14.4. The molecule has 2 aromatic heterocycles. The van der Waals surface area contributed by atoms with E-state index in [1.807, 2.05) is 6.07 Å². The quantitative estimate of drug-likeness (QED) is 0.530. The number of nitrogens with two attached hydrogens (primary N) is 1. The summed E-state index contributed by atoms with van der Waals surface area (Å²) in [5.41, 5.74) is 6.65. The lowest BCUT2D eigenvalue weighted by Gasteiger charge is -2.18. The topological polar surface area (TPSA) is 105 Å². The molecule has 0 amide bonds. The highest BCUT2D eigenvalue weighted by molar-refractivity contribution is 5.78. The van der Waals surface area contributed by atoms with E-state index < -0.39 is 23.5 Å². The lowest BCUT2D eigenvalue weighted by atomic mass is 10.2. The zero-order valence-electron chi connectivity index (χ0n) is 15.6. The third-order valence-corrected chi connectivity index (χ3v) is 4.48. The monoisotopic (exact) mass is 409 g/mol. The number of nitrogens with one attached hydrogen (secondary N) is 1. The summed E-state index contributed by atoms with van der Waals surface area (Å²) in [4.78, 5) is 12.3. The van der Waals surface area contributed by atoms with E-state index in [-0.39, 0.29) is 22.9 Å². The van der Waals surface area contributed by atoms with Gasteiger partial charge in [-0.3, -0.25) is 4.57 Å². The van der Waals surface area contributed by atoms with E-state index in [1.54, 1.807) is 6.92 Å². The van der Waals surface area contributed by atoms with Crippen LogP contribution in [0, 0.1) is 28.8 Å². The molecule has 0 aliphatic rings. The molecular formula is C20H14F3N7. The van der Waals surface area contributed by atoms with Gasteiger partial charge >= 0.3 is 0 Å². The Morgan fingerprint density at radius 3 is 2.50 bits per heavy atom. The molecule has 4 aromatic rings. The van der Waals surface area contributed by atoms with Crippen molar-refractivity contribution >= 4 is 22.7 Å². The van der Waals surface area contributed by atoms with E-state index in [9.17, 15) is 18.4 Å². The number of aromatic nitrogens is 4. The zero-order valence-corrected chi connectivity index (χ0v) is 15.6. The number of halogens is 3. The summed E-state index contributed by atoms with van der Waals surface area (Å²) in [7, 11) is 0. The minimum atomic E-state index is -0.787. The zero-order chi connectivity index (χ0) is 21.4. The summed E-state index contributed by atoms with van der Waals surface area (Å²) < 4.78 is 43.1. The average molecular weight is 409 g/mol. The van der Waals surface area contributed by atoms with E-state index in [1.165, 1.54) is 29.1 Å². The molecule has 7 nitrogen and oxygen atoms in total. The third kappa shape index (κ3) is 3.37. The second-order valence-corrected chi connectivity index (χ2v) is 6.53. The van der Waals surface area contributed by atoms with Crippen LogP contribution in [0.25, 0.3) is 16.7 Å². The van der Waals surface area contributed by atoms with Crippen molar-refractivity contribution in [3.05, 3.63) is 71.6 Å². The molecule has 10 heteroatoms. The van der Waals surface area contributed by atoms with Gasteiger partial charge in [0.15, 0.2) is 0 Å². The van der Waals surface area contributed by atoms with Gasteiger partial charge in [-0.2, -0.15) is 5.26 Å². The molecule has 0 radical (unpaired) electrons. The van der Waals surface area contributed by atoms with Crippen molar-refractivity contribution in [3.8, 4) is 11.8 Å². The Bertz CT molecular complexity index is 1290. The molecule has 0 aliphatic heterocycles. The Balaban J connectivity index is 1.89. The molecule has 0 aliphatic carbocycles. The van der Waals surface area contributed by atoms with Gasteiger partial charge in [0.25, 0.3) is 0 Å². The van der Waals surface area contributed by atoms with Crippen LogP contribution in [0.1, 0.15) is 24.4 Å². The smallest absolute Gasteiger partial charge is 0.150 e. The first-order valence-electron chi connectivity index (χ1n) is 8.79. The number of hydrogen-bond donors (Lipinski definition) is 2. The summed E-state index contributed by atoms with van der Waals surface area (Å²) in [6.07, 6.45) is 1.20. The van der Waals surface area contributed by atoms with Gasteiger partial charge in [0.2, 0.25) is 0 Å². The Morgan fingerprint density at radius 2 is 1.80 bits per heavy atom. The van der Waals surface area contributed by atoms with Crippen LogP contribution in [0.4, 0.5) is 24.8 Å². The molecule has 1 atom stereocenters. The van der Waals surface area contributed by atoms with Crippen LogP contribution in [0.15, 0.2) is 42.7 Å². The highest BCUT2D eigenvalue weighted by atomic mass is 19.1. The number of nitrogens with zero attached hydrogens (tertiary/aromatic N) is 5. The van der Waals surface area contributed by atoms with E-state index in [0.29, 0.717) is 16.9 Å². The van der Waals surface area contributed by atoms with Crippen molar-refractivity contribution < 1.29 is 13.2 Å². The van der Waals surface area contributed by atoms with Crippen LogP contribution < -0.4 is 11.1 Å². The first kappa shape index (κ1) is 19.2. The molecule has 0 spiro atoms. The minimum absolute atomic E-state index is 0.00461. The van der Waals surface area contributed by atoms with Gasteiger partial charge in [0.1, 0.15) is 52.9 Å². The lowest BCUT2D eigenvalue weighted by Crippen LogP contribution is -2.15. The van der Waals surface area contributed by atoms with Gasteiger partial charge in [-0.05, 0) is 31.2 Å². The van der Waals surface area contributed by atoms with Crippen molar-refractivity contribution in [1.29, 1.82) is 5.26 Å². The number of fused-ring (bicyclic) bond motifs is 1. The fourth-order valence-electron chi connectivity index (χ4n) is 3.19. The van der Waals surface area contributed by atoms with Gasteiger partial charge < -0.3 is 11.1 Å². The molecule has 0 bridgehead atoms. The van der Waals surface area contributed by atoms with Crippen molar-refractivity contribution in [2.75, 3.05) is 11.1 Å². The highest BCUT2D eigenvalue weighted by Crippen LogP contribution is 2.29. The number of benzene rings is 2. The number of nitriles is 1. The molecule has 4 rings (SSSR count). The van der Waals surface area contributed by atoms with Gasteiger partial charge in [0, 0.05) is 12.1 Å². The Labute approximate surface area is 168 Å². The number of hydrogen-bond acceptors (Lipinski definition) is 6. The van der Waals surface area contributed by atoms with Crippen LogP contribution in [-0.2, 0) is 0 Å². The molecule has 0 unspecified atom stereocenters. The predicted octanol–water partition coefficient (Wildman–Crippen LogP) is 3.86. The molecule has 0 fully saturated rings. The van der Waals surface area contributed by atoms with Crippen LogP contribution in [0.2, 0.25) is 0 Å². The molecule has 2 aromatic carbocycles. The van der Waals surface area contributed by atoms with E-state index in [2.05, 4.69) is 20.3 Å². The predicted molar refractivity (Wildman–Crippen MR) is 104 cm³/mol. The molecule has 2 heterocycles. The molecule has 0 saturated heterocycles. The van der Waals surface area contributed by atoms with Gasteiger partial charge in [0.05, 0.1) is 22.8 Å². The number of rotatable bonds is 4. The maximum atomic E-state index is 13.9. The number of nitrogen functional groups attached to an aromatic ring is 1. The summed E-state index contributed by atoms with van der Waals surface area (Å²) in [5, 5.41) is 12.3. The van der Waals surface area contributed by atoms with Crippen molar-refractivity contribution in [2.24, 2.45) is 0 Å². The number of imidazole rings is 1. The molecular weight excluding hydrogens is 395 g/mol. The normalized spacial score (nSPS) is 12.0. The van der Waals surface area contributed by atoms with Gasteiger partial charge in [-0.15, -0.1) is 0 Å². The standard InChI is InChI=1S/C20H14F3N7/c1-10(28-19-15(8-24)18(25)26-9-27-19)20-29-16-3-2-11(21)7-17(16)30(20)14-5-12(22)4-13(23)6-14/h2-7,9-10H,1H3,(H3,25,26,27,28)/t10-/m1/s1. The van der Waals surface area contributed by atoms with Crippen molar-refractivity contribution in [1.82, 2.24) is 19.5 Å². The second-order valence-electron chi connectivity index (χ2n) is 6.53. The fourth-order valence-corrected chi connectivity index (χ4v) is 3.19. The lowest BCUT2D eigenvalue weighted by molar-refractivity contribution is 0.581. The molecule has 0 saturated carbocycles. The van der Waals surface area contributed by atoms with E-state index >= 15 is 0 Å². The minimum Gasteiger partial charge on any atom is -0.382 e. The summed E-state index contributed by atoms with van der Waals surface area (Å²) in [6.45, 7) is 1.71. The average Bonchev–Trinajstić information content (AvgIpc) is 3.06. The Kier molecular flexibility index (Phi) is 4.71. The van der Waals surface area contributed by atoms with Gasteiger partial charge in [-0.1, -0.05) is 0 Å². The SMILES string of the molecule is C[C@@H](Nc1ncnc(N)c1C#N)c1nc2ccc(F)cc2n1-c1cc(F)cc(F)c1. The maximum absolute atomic E-state index is 13.9. The molecule has 30 heavy (non-hydrogen) atoms. The van der Waals surface area contributed by atoms with Crippen molar-refractivity contribution in [3.63, 3.8) is 0 Å². The van der Waals surface area contributed by atoms with Crippen LogP contribution in [-0.4, -0.2) is 19.5 Å². The Hall–Kier alpha value is -4.13. The van der Waals surface area contributed by atoms with Crippen LogP contribution in [0.5, 0.6) is 0 Å². The largest absolute Gasteiger partial charge is 0.382 e. The number of anilines is 2. The molecule has 3 N–H and O–H groups in total. The second kappa shape index (κ2) is 7.36. The highest BCUT2D eigenvalue weighted by Gasteiger charge is 2.21. The van der Waals surface area contributed by atoms with Crippen molar-refractivity contribution in [2.45, 2.75) is 13.0 Å². The molecule has 150 valence electrons. The van der Waals surface area contributed by atoms with Gasteiger partial charge in [-0.25, -0.2) is 28.1 Å². The maximum Gasteiger partial charge on any atom is 0.150 e. The Morgan fingerprint density at radius 1 is 1.07 bits per heavy atom. The van der Waals surface area contributed by atoms with Crippen LogP contribution >= 0.6 is 0 Å². The fraction of sp³-hybridized carbons (Fsp3) is 0.100. The van der Waals surface area contributed by atoms with Crippen LogP contribution in [0.3, 0.4) is 0 Å².